The Labute approximate surface area is 117 Å². The van der Waals surface area contributed by atoms with E-state index in [1.807, 2.05) is 12.1 Å². The molecule has 0 amide bonds. The minimum absolute atomic E-state index is 0.208. The van der Waals surface area contributed by atoms with Crippen LogP contribution >= 0.6 is 0 Å². The number of hydrogen-bond acceptors (Lipinski definition) is 6. The molecule has 0 saturated heterocycles. The molecule has 0 radical (unpaired) electrons. The number of anilines is 1. The molecule has 2 aromatic heterocycles. The monoisotopic (exact) mass is 274 g/mol. The molecule has 1 aliphatic rings. The van der Waals surface area contributed by atoms with E-state index in [0.29, 0.717) is 18.3 Å². The van der Waals surface area contributed by atoms with Crippen LogP contribution in [0.5, 0.6) is 0 Å². The van der Waals surface area contributed by atoms with Gasteiger partial charge in [-0.15, -0.1) is 0 Å². The van der Waals surface area contributed by atoms with Gasteiger partial charge in [-0.1, -0.05) is 11.6 Å². The van der Waals surface area contributed by atoms with Gasteiger partial charge < -0.3 is 14.9 Å². The Morgan fingerprint density at radius 2 is 2.35 bits per heavy atom. The molecule has 1 saturated carbocycles. The van der Waals surface area contributed by atoms with Crippen molar-refractivity contribution in [2.75, 3.05) is 11.9 Å². The fourth-order valence-corrected chi connectivity index (χ4v) is 2.61. The molecular weight excluding hydrogens is 256 g/mol. The first-order valence-electron chi connectivity index (χ1n) is 6.91. The van der Waals surface area contributed by atoms with Crippen molar-refractivity contribution in [3.63, 3.8) is 0 Å². The fraction of sp³-hybridized carbons (Fsp3) is 0.500. The number of aliphatic hydroxyl groups excluding tert-OH is 1. The quantitative estimate of drug-likeness (QED) is 0.887. The van der Waals surface area contributed by atoms with Crippen LogP contribution in [0.1, 0.15) is 25.1 Å². The molecule has 6 nitrogen and oxygen atoms in total. The van der Waals surface area contributed by atoms with Crippen LogP contribution in [0.3, 0.4) is 0 Å². The van der Waals surface area contributed by atoms with Crippen LogP contribution in [0, 0.1) is 12.8 Å². The summed E-state index contributed by atoms with van der Waals surface area (Å²) in [5.41, 5.74) is 0.792. The maximum absolute atomic E-state index is 9.86. The van der Waals surface area contributed by atoms with Crippen LogP contribution in [0.4, 0.5) is 5.82 Å². The first-order chi connectivity index (χ1) is 9.74. The molecule has 2 N–H and O–H groups in total. The smallest absolute Gasteiger partial charge is 0.261 e. The summed E-state index contributed by atoms with van der Waals surface area (Å²) in [7, 11) is 0. The maximum Gasteiger partial charge on any atom is 0.261 e. The van der Waals surface area contributed by atoms with Crippen LogP contribution in [-0.2, 0) is 0 Å². The first-order valence-corrected chi connectivity index (χ1v) is 6.91. The molecule has 20 heavy (non-hydrogen) atoms. The lowest BCUT2D eigenvalue weighted by molar-refractivity contribution is 0.138. The van der Waals surface area contributed by atoms with Gasteiger partial charge in [0.15, 0.2) is 5.82 Å². The summed E-state index contributed by atoms with van der Waals surface area (Å²) in [6, 6.07) is 3.73. The van der Waals surface area contributed by atoms with E-state index < -0.39 is 0 Å². The minimum Gasteiger partial charge on any atom is -0.393 e. The Balaban J connectivity index is 1.76. The lowest BCUT2D eigenvalue weighted by Crippen LogP contribution is -2.22. The van der Waals surface area contributed by atoms with Crippen molar-refractivity contribution in [1.82, 2.24) is 15.1 Å². The third kappa shape index (κ3) is 2.65. The number of aryl methyl sites for hydroxylation is 1. The third-order valence-electron chi connectivity index (χ3n) is 3.72. The number of hydrogen-bond donors (Lipinski definition) is 2. The van der Waals surface area contributed by atoms with Crippen LogP contribution < -0.4 is 5.32 Å². The lowest BCUT2D eigenvalue weighted by Gasteiger charge is -2.16. The number of aromatic nitrogens is 3. The summed E-state index contributed by atoms with van der Waals surface area (Å²) in [6.07, 6.45) is 4.55. The van der Waals surface area contributed by atoms with Gasteiger partial charge in [0, 0.05) is 18.7 Å². The van der Waals surface area contributed by atoms with Crippen molar-refractivity contribution in [1.29, 1.82) is 0 Å². The molecule has 2 atom stereocenters. The third-order valence-corrected chi connectivity index (χ3v) is 3.72. The Bertz CT molecular complexity index is 584. The van der Waals surface area contributed by atoms with Crippen molar-refractivity contribution in [3.05, 3.63) is 24.2 Å². The van der Waals surface area contributed by atoms with E-state index in [0.717, 1.165) is 30.6 Å². The highest BCUT2D eigenvalue weighted by molar-refractivity contribution is 5.68. The largest absolute Gasteiger partial charge is 0.393 e. The number of pyridine rings is 1. The second-order valence-corrected chi connectivity index (χ2v) is 5.19. The zero-order chi connectivity index (χ0) is 13.9. The van der Waals surface area contributed by atoms with Gasteiger partial charge in [0.25, 0.3) is 5.89 Å². The highest BCUT2D eigenvalue weighted by atomic mass is 16.5. The highest BCUT2D eigenvalue weighted by Crippen LogP contribution is 2.28. The normalized spacial score (nSPS) is 22.1. The van der Waals surface area contributed by atoms with Crippen molar-refractivity contribution in [2.45, 2.75) is 32.3 Å². The van der Waals surface area contributed by atoms with Gasteiger partial charge in [-0.25, -0.2) is 4.98 Å². The van der Waals surface area contributed by atoms with Crippen molar-refractivity contribution in [2.24, 2.45) is 5.92 Å². The molecule has 0 aromatic carbocycles. The Morgan fingerprint density at radius 3 is 3.05 bits per heavy atom. The van der Waals surface area contributed by atoms with Crippen molar-refractivity contribution >= 4 is 5.82 Å². The summed E-state index contributed by atoms with van der Waals surface area (Å²) < 4.78 is 5.19. The molecule has 2 aromatic rings. The molecule has 1 aliphatic carbocycles. The Kier molecular flexibility index (Phi) is 3.64. The zero-order valence-corrected chi connectivity index (χ0v) is 11.4. The average Bonchev–Trinajstić information content (AvgIpc) is 3.06. The molecule has 6 heteroatoms. The molecule has 2 heterocycles. The summed E-state index contributed by atoms with van der Waals surface area (Å²) in [6.45, 7) is 2.49. The van der Waals surface area contributed by atoms with Gasteiger partial charge in [0.05, 0.1) is 11.7 Å². The zero-order valence-electron chi connectivity index (χ0n) is 11.4. The van der Waals surface area contributed by atoms with Gasteiger partial charge in [-0.05, 0) is 31.9 Å². The van der Waals surface area contributed by atoms with E-state index in [1.165, 1.54) is 0 Å². The molecule has 3 rings (SSSR count). The predicted molar refractivity (Wildman–Crippen MR) is 74.1 cm³/mol. The van der Waals surface area contributed by atoms with Crippen LogP contribution in [0.15, 0.2) is 22.9 Å². The topological polar surface area (TPSA) is 84.1 Å². The standard InChI is InChI=1S/C14H18N4O2/c1-9-17-14(20-18-9)11-5-3-7-15-13(11)16-8-10-4-2-6-12(10)19/h3,5,7,10,12,19H,2,4,6,8H2,1H3,(H,15,16). The van der Waals surface area contributed by atoms with E-state index in [9.17, 15) is 5.11 Å². The summed E-state index contributed by atoms with van der Waals surface area (Å²) >= 11 is 0. The molecule has 0 aliphatic heterocycles. The number of nitrogens with zero attached hydrogens (tertiary/aromatic N) is 3. The van der Waals surface area contributed by atoms with E-state index in [1.54, 1.807) is 13.1 Å². The van der Waals surface area contributed by atoms with Gasteiger partial charge in [-0.3, -0.25) is 0 Å². The van der Waals surface area contributed by atoms with Gasteiger partial charge >= 0.3 is 0 Å². The van der Waals surface area contributed by atoms with E-state index in [2.05, 4.69) is 20.4 Å². The second kappa shape index (κ2) is 5.58. The van der Waals surface area contributed by atoms with Crippen LogP contribution in [0.2, 0.25) is 0 Å². The predicted octanol–water partition coefficient (Wildman–Crippen LogP) is 2.01. The van der Waals surface area contributed by atoms with E-state index in [-0.39, 0.29) is 12.0 Å². The molecule has 106 valence electrons. The van der Waals surface area contributed by atoms with Gasteiger partial charge in [0.1, 0.15) is 5.82 Å². The molecule has 0 bridgehead atoms. The average molecular weight is 274 g/mol. The van der Waals surface area contributed by atoms with Gasteiger partial charge in [-0.2, -0.15) is 4.98 Å². The van der Waals surface area contributed by atoms with Crippen LogP contribution in [-0.4, -0.2) is 32.9 Å². The van der Waals surface area contributed by atoms with Gasteiger partial charge in [0.2, 0.25) is 0 Å². The molecular formula is C14H18N4O2. The number of aliphatic hydroxyl groups is 1. The molecule has 1 fully saturated rings. The maximum atomic E-state index is 9.86. The van der Waals surface area contributed by atoms with Crippen LogP contribution in [0.25, 0.3) is 11.5 Å². The fourth-order valence-electron chi connectivity index (χ4n) is 2.61. The van der Waals surface area contributed by atoms with E-state index >= 15 is 0 Å². The highest BCUT2D eigenvalue weighted by Gasteiger charge is 2.25. The summed E-state index contributed by atoms with van der Waals surface area (Å²) in [4.78, 5) is 8.56. The minimum atomic E-state index is -0.208. The second-order valence-electron chi connectivity index (χ2n) is 5.19. The molecule has 2 unspecified atom stereocenters. The number of rotatable bonds is 4. The lowest BCUT2D eigenvalue weighted by atomic mass is 10.1. The summed E-state index contributed by atoms with van der Waals surface area (Å²) in [5, 5.41) is 17.0. The summed E-state index contributed by atoms with van der Waals surface area (Å²) in [5.74, 6) is 2.07. The Morgan fingerprint density at radius 1 is 1.45 bits per heavy atom. The van der Waals surface area contributed by atoms with Crippen molar-refractivity contribution < 1.29 is 9.63 Å². The van der Waals surface area contributed by atoms with E-state index in [4.69, 9.17) is 4.52 Å². The first kappa shape index (κ1) is 13.1. The van der Waals surface area contributed by atoms with Crippen molar-refractivity contribution in [3.8, 4) is 11.5 Å². The Hall–Kier alpha value is -1.95. The molecule has 0 spiro atoms. The number of nitrogens with one attached hydrogen (secondary N) is 1. The SMILES string of the molecule is Cc1noc(-c2cccnc2NCC2CCCC2O)n1.